The van der Waals surface area contributed by atoms with Crippen molar-refractivity contribution in [3.05, 3.63) is 22.9 Å². The first-order valence-electron chi connectivity index (χ1n) is 2.91. The van der Waals surface area contributed by atoms with Crippen molar-refractivity contribution in [1.29, 1.82) is 0 Å². The van der Waals surface area contributed by atoms with Crippen LogP contribution in [0.25, 0.3) is 0 Å². The quantitative estimate of drug-likeness (QED) is 0.512. The number of nitrogens with zero attached hydrogens (tertiary/aromatic N) is 3. The minimum absolute atomic E-state index is 0.717. The molecule has 4 heteroatoms. The van der Waals surface area contributed by atoms with Crippen molar-refractivity contribution in [3.8, 4) is 0 Å². The molecule has 1 heterocycles. The first-order valence-corrected chi connectivity index (χ1v) is 3.29. The molecule has 0 aromatic heterocycles. The summed E-state index contributed by atoms with van der Waals surface area (Å²) in [6.45, 7) is 0. The molecule has 0 radical (unpaired) electrons. The van der Waals surface area contributed by atoms with Crippen LogP contribution in [0.5, 0.6) is 0 Å². The van der Waals surface area contributed by atoms with Crippen LogP contribution in [0.2, 0.25) is 0 Å². The fraction of sp³-hybridized carbons (Fsp3) is 0.167. The van der Waals surface area contributed by atoms with Crippen molar-refractivity contribution >= 4 is 17.3 Å². The zero-order chi connectivity index (χ0) is 6.97. The summed E-state index contributed by atoms with van der Waals surface area (Å²) in [6.07, 6.45) is 4.40. The summed E-state index contributed by atoms with van der Waals surface area (Å²) in [5, 5.41) is 11.8. The molecular formula is C6H4ClN3. The van der Waals surface area contributed by atoms with E-state index >= 15 is 0 Å². The van der Waals surface area contributed by atoms with Crippen LogP contribution in [0.1, 0.15) is 6.42 Å². The first-order chi connectivity index (χ1) is 4.86. The summed E-state index contributed by atoms with van der Waals surface area (Å²) in [7, 11) is 0. The standard InChI is InChI=1S/C6H4ClN3/c7-4-1-2-5-6(3-4)9-10-8-5/h1,3H,2H2. The number of halogens is 1. The average Bonchev–Trinajstić information content (AvgIpc) is 2.33. The maximum atomic E-state index is 5.71. The molecule has 2 rings (SSSR count). The summed E-state index contributed by atoms with van der Waals surface area (Å²) in [6, 6.07) is 0. The van der Waals surface area contributed by atoms with E-state index in [-0.39, 0.29) is 0 Å². The second-order valence-corrected chi connectivity index (χ2v) is 2.50. The number of fused-ring (bicyclic) bond motifs is 1. The Bertz CT molecular complexity index is 285. The van der Waals surface area contributed by atoms with Crippen LogP contribution in [0, 0.1) is 0 Å². The van der Waals surface area contributed by atoms with E-state index in [0.29, 0.717) is 0 Å². The SMILES string of the molecule is ClC1=CCC2=NN=NC2=C1. The molecule has 0 fully saturated rings. The number of allylic oxidation sites excluding steroid dienone is 4. The monoisotopic (exact) mass is 153 g/mol. The zero-order valence-corrected chi connectivity index (χ0v) is 5.84. The predicted molar refractivity (Wildman–Crippen MR) is 38.9 cm³/mol. The Morgan fingerprint density at radius 3 is 3.30 bits per heavy atom. The minimum Gasteiger partial charge on any atom is -0.133 e. The molecule has 0 aromatic rings. The van der Waals surface area contributed by atoms with Gasteiger partial charge in [-0.25, -0.2) is 0 Å². The lowest BCUT2D eigenvalue weighted by atomic mass is 10.1. The first kappa shape index (κ1) is 5.80. The van der Waals surface area contributed by atoms with Gasteiger partial charge >= 0.3 is 0 Å². The molecule has 0 unspecified atom stereocenters. The van der Waals surface area contributed by atoms with E-state index < -0.39 is 0 Å². The maximum absolute atomic E-state index is 5.71. The van der Waals surface area contributed by atoms with Gasteiger partial charge in [-0.1, -0.05) is 17.7 Å². The van der Waals surface area contributed by atoms with Gasteiger partial charge in [0.1, 0.15) is 5.70 Å². The molecule has 1 aliphatic carbocycles. The van der Waals surface area contributed by atoms with Gasteiger partial charge in [-0.3, -0.25) is 0 Å². The van der Waals surface area contributed by atoms with Gasteiger partial charge < -0.3 is 0 Å². The Morgan fingerprint density at radius 1 is 1.50 bits per heavy atom. The summed E-state index contributed by atoms with van der Waals surface area (Å²) in [5.41, 5.74) is 1.71. The van der Waals surface area contributed by atoms with Crippen LogP contribution in [-0.2, 0) is 0 Å². The average molecular weight is 154 g/mol. The molecule has 10 heavy (non-hydrogen) atoms. The Morgan fingerprint density at radius 2 is 2.40 bits per heavy atom. The van der Waals surface area contributed by atoms with Gasteiger partial charge in [0, 0.05) is 11.5 Å². The predicted octanol–water partition coefficient (Wildman–Crippen LogP) is 2.22. The van der Waals surface area contributed by atoms with E-state index in [1.165, 1.54) is 0 Å². The highest BCUT2D eigenvalue weighted by Gasteiger charge is 2.14. The molecule has 0 saturated carbocycles. The third-order valence-electron chi connectivity index (χ3n) is 1.38. The van der Waals surface area contributed by atoms with Crippen LogP contribution >= 0.6 is 11.6 Å². The lowest BCUT2D eigenvalue weighted by Crippen LogP contribution is -1.99. The van der Waals surface area contributed by atoms with E-state index in [0.717, 1.165) is 22.9 Å². The third kappa shape index (κ3) is 0.789. The van der Waals surface area contributed by atoms with Crippen molar-refractivity contribution in [2.45, 2.75) is 6.42 Å². The molecule has 50 valence electrons. The number of hydrogen-bond donors (Lipinski definition) is 0. The van der Waals surface area contributed by atoms with E-state index in [1.807, 2.05) is 6.08 Å². The second-order valence-electron chi connectivity index (χ2n) is 2.06. The van der Waals surface area contributed by atoms with Gasteiger partial charge in [0.25, 0.3) is 0 Å². The number of hydrogen-bond acceptors (Lipinski definition) is 3. The number of rotatable bonds is 0. The van der Waals surface area contributed by atoms with E-state index in [4.69, 9.17) is 11.6 Å². The Balaban J connectivity index is 2.43. The second kappa shape index (κ2) is 2.02. The molecule has 0 spiro atoms. The fourth-order valence-electron chi connectivity index (χ4n) is 0.875. The topological polar surface area (TPSA) is 37.1 Å². The van der Waals surface area contributed by atoms with Gasteiger partial charge in [0.2, 0.25) is 0 Å². The summed E-state index contributed by atoms with van der Waals surface area (Å²) < 4.78 is 0. The van der Waals surface area contributed by atoms with Crippen LogP contribution < -0.4 is 0 Å². The molecular weight excluding hydrogens is 150 g/mol. The van der Waals surface area contributed by atoms with Crippen LogP contribution in [0.3, 0.4) is 0 Å². The van der Waals surface area contributed by atoms with E-state index in [1.54, 1.807) is 6.08 Å². The van der Waals surface area contributed by atoms with Gasteiger partial charge in [0.05, 0.1) is 5.71 Å². The highest BCUT2D eigenvalue weighted by Crippen LogP contribution is 2.22. The van der Waals surface area contributed by atoms with Crippen LogP contribution in [0.15, 0.2) is 38.3 Å². The highest BCUT2D eigenvalue weighted by atomic mass is 35.5. The van der Waals surface area contributed by atoms with Crippen molar-refractivity contribution in [2.24, 2.45) is 15.4 Å². The molecule has 0 bridgehead atoms. The Labute approximate surface area is 62.8 Å². The maximum Gasteiger partial charge on any atom is 0.113 e. The van der Waals surface area contributed by atoms with Gasteiger partial charge in [-0.15, -0.1) is 10.2 Å². The normalized spacial score (nSPS) is 21.5. The lowest BCUT2D eigenvalue weighted by molar-refractivity contribution is 1.09. The zero-order valence-electron chi connectivity index (χ0n) is 5.08. The van der Waals surface area contributed by atoms with Gasteiger partial charge in [0.15, 0.2) is 0 Å². The smallest absolute Gasteiger partial charge is 0.113 e. The minimum atomic E-state index is 0.717. The molecule has 2 aliphatic rings. The molecule has 0 N–H and O–H groups in total. The highest BCUT2D eigenvalue weighted by molar-refractivity contribution is 6.32. The van der Waals surface area contributed by atoms with Gasteiger partial charge in [-0.2, -0.15) is 0 Å². The largest absolute Gasteiger partial charge is 0.133 e. The summed E-state index contributed by atoms with van der Waals surface area (Å²) in [4.78, 5) is 0. The lowest BCUT2D eigenvalue weighted by Gasteiger charge is -2.01. The van der Waals surface area contributed by atoms with Crippen molar-refractivity contribution < 1.29 is 0 Å². The molecule has 0 atom stereocenters. The third-order valence-corrected chi connectivity index (χ3v) is 1.64. The van der Waals surface area contributed by atoms with E-state index in [9.17, 15) is 0 Å². The fourth-order valence-corrected chi connectivity index (χ4v) is 1.06. The molecule has 1 aliphatic heterocycles. The van der Waals surface area contributed by atoms with Crippen molar-refractivity contribution in [2.75, 3.05) is 0 Å². The van der Waals surface area contributed by atoms with Crippen molar-refractivity contribution in [1.82, 2.24) is 0 Å². The molecule has 0 aromatic carbocycles. The Hall–Kier alpha value is -0.960. The van der Waals surface area contributed by atoms with Crippen LogP contribution in [0.4, 0.5) is 0 Å². The summed E-state index contributed by atoms with van der Waals surface area (Å²) in [5.74, 6) is 0. The van der Waals surface area contributed by atoms with Gasteiger partial charge in [-0.05, 0) is 11.3 Å². The summed E-state index contributed by atoms with van der Waals surface area (Å²) >= 11 is 5.71. The van der Waals surface area contributed by atoms with Crippen molar-refractivity contribution in [3.63, 3.8) is 0 Å². The van der Waals surface area contributed by atoms with E-state index in [2.05, 4.69) is 15.4 Å². The molecule has 3 nitrogen and oxygen atoms in total. The van der Waals surface area contributed by atoms with Crippen LogP contribution in [-0.4, -0.2) is 5.71 Å². The molecule has 0 saturated heterocycles. The Kier molecular flexibility index (Phi) is 1.17. The molecule has 0 amide bonds.